The lowest BCUT2D eigenvalue weighted by Gasteiger charge is -2.08. The molecule has 1 aromatic rings. The molecule has 0 atom stereocenters. The molecule has 0 unspecified atom stereocenters. The van der Waals surface area contributed by atoms with Crippen molar-refractivity contribution >= 4 is 27.9 Å². The standard InChI is InChI=1S/C12H21N3OS/c1-8(2)5-6-14-10-7-9(13)11(17-10)12(16)15(3)4/h7-8,14H,5-6,13H2,1-4H3. The van der Waals surface area contributed by atoms with Gasteiger partial charge in [0.1, 0.15) is 4.88 Å². The van der Waals surface area contributed by atoms with Crippen molar-refractivity contribution in [3.8, 4) is 0 Å². The first kappa shape index (κ1) is 13.8. The third kappa shape index (κ3) is 3.93. The highest BCUT2D eigenvalue weighted by Gasteiger charge is 2.15. The maximum Gasteiger partial charge on any atom is 0.265 e. The van der Waals surface area contributed by atoms with E-state index in [9.17, 15) is 4.79 Å². The molecule has 3 N–H and O–H groups in total. The molecule has 0 aliphatic heterocycles. The quantitative estimate of drug-likeness (QED) is 0.850. The number of rotatable bonds is 5. The van der Waals surface area contributed by atoms with E-state index in [1.54, 1.807) is 19.0 Å². The first-order valence-electron chi connectivity index (χ1n) is 5.76. The van der Waals surface area contributed by atoms with Crippen molar-refractivity contribution in [1.29, 1.82) is 0 Å². The van der Waals surface area contributed by atoms with Crippen LogP contribution < -0.4 is 11.1 Å². The number of anilines is 2. The summed E-state index contributed by atoms with van der Waals surface area (Å²) in [6.45, 7) is 5.28. The fourth-order valence-electron chi connectivity index (χ4n) is 1.35. The number of amides is 1. The fraction of sp³-hybridized carbons (Fsp3) is 0.583. The van der Waals surface area contributed by atoms with Gasteiger partial charge in [-0.25, -0.2) is 0 Å². The van der Waals surface area contributed by atoms with E-state index in [0.29, 0.717) is 16.5 Å². The summed E-state index contributed by atoms with van der Waals surface area (Å²) in [5.74, 6) is 0.632. The molecule has 4 nitrogen and oxygen atoms in total. The van der Waals surface area contributed by atoms with Gasteiger partial charge in [0, 0.05) is 20.6 Å². The number of carbonyl (C=O) groups excluding carboxylic acids is 1. The summed E-state index contributed by atoms with van der Waals surface area (Å²) in [7, 11) is 3.46. The van der Waals surface area contributed by atoms with Crippen molar-refractivity contribution < 1.29 is 4.79 Å². The molecule has 0 saturated heterocycles. The van der Waals surface area contributed by atoms with Crippen molar-refractivity contribution in [2.24, 2.45) is 5.92 Å². The maximum absolute atomic E-state index is 11.8. The van der Waals surface area contributed by atoms with Crippen LogP contribution in [0.15, 0.2) is 6.07 Å². The lowest BCUT2D eigenvalue weighted by Crippen LogP contribution is -2.21. The van der Waals surface area contributed by atoms with Crippen LogP contribution in [0.1, 0.15) is 29.9 Å². The van der Waals surface area contributed by atoms with Gasteiger partial charge in [0.25, 0.3) is 5.91 Å². The zero-order valence-electron chi connectivity index (χ0n) is 10.9. The van der Waals surface area contributed by atoms with Gasteiger partial charge in [0.15, 0.2) is 0 Å². The van der Waals surface area contributed by atoms with E-state index in [2.05, 4.69) is 19.2 Å². The second-order valence-electron chi connectivity index (χ2n) is 4.70. The van der Waals surface area contributed by atoms with Gasteiger partial charge in [-0.2, -0.15) is 0 Å². The van der Waals surface area contributed by atoms with Crippen molar-refractivity contribution in [2.45, 2.75) is 20.3 Å². The average Bonchev–Trinajstić information content (AvgIpc) is 2.58. The van der Waals surface area contributed by atoms with Crippen LogP contribution in [0, 0.1) is 5.92 Å². The zero-order valence-corrected chi connectivity index (χ0v) is 11.7. The molecule has 96 valence electrons. The Hall–Kier alpha value is -1.23. The summed E-state index contributed by atoms with van der Waals surface area (Å²) in [5.41, 5.74) is 6.39. The van der Waals surface area contributed by atoms with E-state index < -0.39 is 0 Å². The summed E-state index contributed by atoms with van der Waals surface area (Å²) < 4.78 is 0. The summed E-state index contributed by atoms with van der Waals surface area (Å²) in [4.78, 5) is 13.9. The van der Waals surface area contributed by atoms with Crippen LogP contribution >= 0.6 is 11.3 Å². The molecule has 0 aromatic carbocycles. The Morgan fingerprint density at radius 3 is 2.71 bits per heavy atom. The topological polar surface area (TPSA) is 58.4 Å². The highest BCUT2D eigenvalue weighted by atomic mass is 32.1. The SMILES string of the molecule is CC(C)CCNc1cc(N)c(C(=O)N(C)C)s1. The lowest BCUT2D eigenvalue weighted by atomic mass is 10.1. The van der Waals surface area contributed by atoms with Crippen molar-refractivity contribution in [3.05, 3.63) is 10.9 Å². The molecule has 17 heavy (non-hydrogen) atoms. The molecule has 1 amide bonds. The Morgan fingerprint density at radius 1 is 1.53 bits per heavy atom. The number of nitrogens with one attached hydrogen (secondary N) is 1. The minimum Gasteiger partial charge on any atom is -0.397 e. The molecule has 0 aliphatic rings. The third-order valence-corrected chi connectivity index (χ3v) is 3.48. The van der Waals surface area contributed by atoms with E-state index in [4.69, 9.17) is 5.73 Å². The van der Waals surface area contributed by atoms with Gasteiger partial charge in [0.2, 0.25) is 0 Å². The fourth-order valence-corrected chi connectivity index (χ4v) is 2.37. The van der Waals surface area contributed by atoms with Gasteiger partial charge < -0.3 is 16.0 Å². The highest BCUT2D eigenvalue weighted by molar-refractivity contribution is 7.18. The van der Waals surface area contributed by atoms with Crippen LogP contribution in [-0.2, 0) is 0 Å². The van der Waals surface area contributed by atoms with Crippen LogP contribution in [0.4, 0.5) is 10.7 Å². The van der Waals surface area contributed by atoms with Gasteiger partial charge in [0.05, 0.1) is 10.7 Å². The number of carbonyl (C=O) groups is 1. The first-order chi connectivity index (χ1) is 7.91. The number of nitrogens with zero attached hydrogens (tertiary/aromatic N) is 1. The highest BCUT2D eigenvalue weighted by Crippen LogP contribution is 2.29. The largest absolute Gasteiger partial charge is 0.397 e. The van der Waals surface area contributed by atoms with Crippen LogP contribution in [-0.4, -0.2) is 31.4 Å². The molecule has 0 saturated carbocycles. The average molecular weight is 255 g/mol. The number of hydrogen-bond donors (Lipinski definition) is 2. The van der Waals surface area contributed by atoms with Crippen LogP contribution in [0.25, 0.3) is 0 Å². The molecule has 0 fully saturated rings. The number of thiophene rings is 1. The second kappa shape index (κ2) is 5.91. The summed E-state index contributed by atoms with van der Waals surface area (Å²) in [6, 6.07) is 1.84. The molecular weight excluding hydrogens is 234 g/mol. The molecule has 1 rings (SSSR count). The summed E-state index contributed by atoms with van der Waals surface area (Å²) in [5, 5.41) is 4.26. The Morgan fingerprint density at radius 2 is 2.18 bits per heavy atom. The van der Waals surface area contributed by atoms with Crippen molar-refractivity contribution in [2.75, 3.05) is 31.7 Å². The van der Waals surface area contributed by atoms with E-state index in [0.717, 1.165) is 18.0 Å². The number of nitrogens with two attached hydrogens (primary N) is 1. The Balaban J connectivity index is 2.65. The molecule has 0 radical (unpaired) electrons. The molecule has 1 heterocycles. The molecular formula is C12H21N3OS. The Bertz CT molecular complexity index is 385. The van der Waals surface area contributed by atoms with Crippen LogP contribution in [0.2, 0.25) is 0 Å². The summed E-state index contributed by atoms with van der Waals surface area (Å²) >= 11 is 1.42. The Labute approximate surface area is 107 Å². The van der Waals surface area contributed by atoms with E-state index in [1.807, 2.05) is 6.07 Å². The van der Waals surface area contributed by atoms with Gasteiger partial charge in [-0.3, -0.25) is 4.79 Å². The monoisotopic (exact) mass is 255 g/mol. The Kier molecular flexibility index (Phi) is 4.81. The van der Waals surface area contributed by atoms with Gasteiger partial charge >= 0.3 is 0 Å². The lowest BCUT2D eigenvalue weighted by molar-refractivity contribution is 0.0833. The van der Waals surface area contributed by atoms with Crippen molar-refractivity contribution in [3.63, 3.8) is 0 Å². The van der Waals surface area contributed by atoms with Crippen LogP contribution in [0.5, 0.6) is 0 Å². The van der Waals surface area contributed by atoms with Gasteiger partial charge in [-0.1, -0.05) is 13.8 Å². The molecule has 0 spiro atoms. The minimum absolute atomic E-state index is 0.0376. The maximum atomic E-state index is 11.8. The second-order valence-corrected chi connectivity index (χ2v) is 5.76. The molecule has 0 bridgehead atoms. The van der Waals surface area contributed by atoms with Crippen LogP contribution in [0.3, 0.4) is 0 Å². The summed E-state index contributed by atoms with van der Waals surface area (Å²) in [6.07, 6.45) is 1.11. The van der Waals surface area contributed by atoms with E-state index in [1.165, 1.54) is 11.3 Å². The molecule has 1 aromatic heterocycles. The predicted molar refractivity (Wildman–Crippen MR) is 74.7 cm³/mol. The predicted octanol–water partition coefficient (Wildman–Crippen LogP) is 2.49. The normalized spacial score (nSPS) is 10.6. The van der Waals surface area contributed by atoms with Gasteiger partial charge in [-0.15, -0.1) is 11.3 Å². The molecule has 5 heteroatoms. The molecule has 0 aliphatic carbocycles. The first-order valence-corrected chi connectivity index (χ1v) is 6.58. The third-order valence-electron chi connectivity index (χ3n) is 2.38. The zero-order chi connectivity index (χ0) is 13.0. The number of nitrogen functional groups attached to an aromatic ring is 1. The van der Waals surface area contributed by atoms with Gasteiger partial charge in [-0.05, 0) is 18.4 Å². The number of hydrogen-bond acceptors (Lipinski definition) is 4. The van der Waals surface area contributed by atoms with E-state index >= 15 is 0 Å². The minimum atomic E-state index is -0.0376. The van der Waals surface area contributed by atoms with E-state index in [-0.39, 0.29) is 5.91 Å². The smallest absolute Gasteiger partial charge is 0.265 e. The van der Waals surface area contributed by atoms with Crippen molar-refractivity contribution in [1.82, 2.24) is 4.90 Å².